The molecule has 144 valence electrons. The van der Waals surface area contributed by atoms with Crippen molar-refractivity contribution >= 4 is 17.5 Å². The summed E-state index contributed by atoms with van der Waals surface area (Å²) >= 11 is 0. The molecule has 0 aliphatic heterocycles. The molecule has 0 atom stereocenters. The summed E-state index contributed by atoms with van der Waals surface area (Å²) in [5.41, 5.74) is 3.12. The Bertz CT molecular complexity index is 1020. The highest BCUT2D eigenvalue weighted by Crippen LogP contribution is 2.20. The van der Waals surface area contributed by atoms with Gasteiger partial charge < -0.3 is 15.4 Å². The lowest BCUT2D eigenvalue weighted by Crippen LogP contribution is -2.04. The molecule has 2 N–H and O–H groups in total. The van der Waals surface area contributed by atoms with Gasteiger partial charge >= 0.3 is 0 Å². The highest BCUT2D eigenvalue weighted by molar-refractivity contribution is 5.55. The molecule has 0 aliphatic rings. The molecule has 0 spiro atoms. The highest BCUT2D eigenvalue weighted by Gasteiger charge is 2.02. The number of hydrogen-bond acceptors (Lipinski definition) is 6. The third-order valence-corrected chi connectivity index (χ3v) is 4.21. The molecule has 0 unspecified atom stereocenters. The van der Waals surface area contributed by atoms with Crippen molar-refractivity contribution in [1.82, 2.24) is 15.0 Å². The van der Waals surface area contributed by atoms with Crippen LogP contribution in [0.5, 0.6) is 5.75 Å². The fraction of sp³-hybridized carbons (Fsp3) is 0.0870. The van der Waals surface area contributed by atoms with Gasteiger partial charge in [0.2, 0.25) is 5.95 Å². The number of pyridine rings is 1. The Labute approximate surface area is 169 Å². The third-order valence-electron chi connectivity index (χ3n) is 4.21. The van der Waals surface area contributed by atoms with Crippen LogP contribution in [-0.4, -0.2) is 15.0 Å². The lowest BCUT2D eigenvalue weighted by Gasteiger charge is -2.10. The van der Waals surface area contributed by atoms with Crippen LogP contribution in [0.2, 0.25) is 0 Å². The van der Waals surface area contributed by atoms with Crippen molar-refractivity contribution in [2.75, 3.05) is 10.6 Å². The number of nitrogens with zero attached hydrogens (tertiary/aromatic N) is 3. The lowest BCUT2D eigenvalue weighted by atomic mass is 10.2. The Kier molecular flexibility index (Phi) is 5.93. The van der Waals surface area contributed by atoms with Gasteiger partial charge in [-0.15, -0.1) is 0 Å². The van der Waals surface area contributed by atoms with Crippen molar-refractivity contribution in [2.45, 2.75) is 13.2 Å². The Morgan fingerprint density at radius 1 is 0.793 bits per heavy atom. The number of benzene rings is 2. The van der Waals surface area contributed by atoms with Crippen LogP contribution in [0.4, 0.5) is 17.5 Å². The molecule has 6 nitrogen and oxygen atoms in total. The molecule has 2 heterocycles. The molecule has 0 amide bonds. The molecule has 0 bridgehead atoms. The first kappa shape index (κ1) is 18.4. The zero-order valence-electron chi connectivity index (χ0n) is 15.8. The minimum absolute atomic E-state index is 0.527. The monoisotopic (exact) mass is 383 g/mol. The lowest BCUT2D eigenvalue weighted by molar-refractivity contribution is 0.306. The maximum Gasteiger partial charge on any atom is 0.229 e. The van der Waals surface area contributed by atoms with Crippen molar-refractivity contribution in [3.63, 3.8) is 0 Å². The van der Waals surface area contributed by atoms with Gasteiger partial charge in [0.25, 0.3) is 0 Å². The molecule has 2 aromatic carbocycles. The normalized spacial score (nSPS) is 10.3. The first-order valence-electron chi connectivity index (χ1n) is 9.35. The van der Waals surface area contributed by atoms with Gasteiger partial charge in [-0.25, -0.2) is 4.98 Å². The second-order valence-electron chi connectivity index (χ2n) is 6.40. The molecule has 0 saturated carbocycles. The largest absolute Gasteiger partial charge is 0.489 e. The van der Waals surface area contributed by atoms with Crippen LogP contribution in [0, 0.1) is 0 Å². The predicted molar refractivity (Wildman–Crippen MR) is 114 cm³/mol. The van der Waals surface area contributed by atoms with E-state index in [-0.39, 0.29) is 0 Å². The van der Waals surface area contributed by atoms with Crippen molar-refractivity contribution in [2.24, 2.45) is 0 Å². The quantitative estimate of drug-likeness (QED) is 0.455. The standard InChI is InChI=1S/C23H21N5O/c1-2-5-18(6-3-1)17-29-21-10-8-20(9-11-21)27-23-25-14-12-22(28-23)26-16-19-7-4-13-24-15-19/h1-15H,16-17H2,(H2,25,26,27,28). The molecular formula is C23H21N5O. The van der Waals surface area contributed by atoms with E-state index >= 15 is 0 Å². The molecule has 2 aromatic heterocycles. The van der Waals surface area contributed by atoms with Gasteiger partial charge in [0.05, 0.1) is 0 Å². The Hall–Kier alpha value is -3.93. The molecule has 29 heavy (non-hydrogen) atoms. The number of hydrogen-bond donors (Lipinski definition) is 2. The van der Waals surface area contributed by atoms with Crippen LogP contribution in [0.15, 0.2) is 91.4 Å². The average Bonchev–Trinajstić information content (AvgIpc) is 2.79. The molecule has 0 saturated heterocycles. The van der Waals surface area contributed by atoms with Crippen LogP contribution in [0.1, 0.15) is 11.1 Å². The summed E-state index contributed by atoms with van der Waals surface area (Å²) in [6, 6.07) is 23.6. The minimum atomic E-state index is 0.527. The van der Waals surface area contributed by atoms with Gasteiger partial charge in [-0.05, 0) is 47.5 Å². The highest BCUT2D eigenvalue weighted by atomic mass is 16.5. The Morgan fingerprint density at radius 3 is 2.41 bits per heavy atom. The first-order valence-corrected chi connectivity index (χ1v) is 9.35. The zero-order valence-corrected chi connectivity index (χ0v) is 15.8. The Balaban J connectivity index is 1.33. The first-order chi connectivity index (χ1) is 14.3. The molecular weight excluding hydrogens is 362 g/mol. The maximum atomic E-state index is 5.82. The van der Waals surface area contributed by atoms with E-state index < -0.39 is 0 Å². The van der Waals surface area contributed by atoms with Crippen LogP contribution in [0.25, 0.3) is 0 Å². The number of aromatic nitrogens is 3. The topological polar surface area (TPSA) is 72.0 Å². The third kappa shape index (κ3) is 5.52. The summed E-state index contributed by atoms with van der Waals surface area (Å²) < 4.78 is 5.82. The summed E-state index contributed by atoms with van der Waals surface area (Å²) in [7, 11) is 0. The van der Waals surface area contributed by atoms with E-state index in [2.05, 4.69) is 25.6 Å². The molecule has 0 radical (unpaired) electrons. The number of nitrogens with one attached hydrogen (secondary N) is 2. The van der Waals surface area contributed by atoms with Gasteiger partial charge in [0, 0.05) is 30.8 Å². The van der Waals surface area contributed by atoms with Crippen molar-refractivity contribution in [1.29, 1.82) is 0 Å². The smallest absolute Gasteiger partial charge is 0.229 e. The second-order valence-corrected chi connectivity index (χ2v) is 6.40. The van der Waals surface area contributed by atoms with Crippen LogP contribution < -0.4 is 15.4 Å². The Morgan fingerprint density at radius 2 is 1.62 bits per heavy atom. The minimum Gasteiger partial charge on any atom is -0.489 e. The van der Waals surface area contributed by atoms with Crippen molar-refractivity contribution < 1.29 is 4.74 Å². The summed E-state index contributed by atoms with van der Waals surface area (Å²) in [5, 5.41) is 6.49. The zero-order chi connectivity index (χ0) is 19.7. The fourth-order valence-electron chi connectivity index (χ4n) is 2.72. The van der Waals surface area contributed by atoms with E-state index in [4.69, 9.17) is 4.74 Å². The summed E-state index contributed by atoms with van der Waals surface area (Å²) in [4.78, 5) is 12.9. The molecule has 4 aromatic rings. The van der Waals surface area contributed by atoms with Gasteiger partial charge in [-0.3, -0.25) is 4.98 Å². The van der Waals surface area contributed by atoms with Gasteiger partial charge in [-0.1, -0.05) is 36.4 Å². The average molecular weight is 383 g/mol. The predicted octanol–water partition coefficient (Wildman–Crippen LogP) is 4.81. The summed E-state index contributed by atoms with van der Waals surface area (Å²) in [6.07, 6.45) is 5.31. The fourth-order valence-corrected chi connectivity index (χ4v) is 2.72. The molecule has 4 rings (SSSR count). The van der Waals surface area contributed by atoms with Crippen LogP contribution in [0.3, 0.4) is 0 Å². The SMILES string of the molecule is c1ccc(COc2ccc(Nc3nccc(NCc4cccnc4)n3)cc2)cc1. The van der Waals surface area contributed by atoms with E-state index in [0.717, 1.165) is 28.4 Å². The number of ether oxygens (including phenoxy) is 1. The van der Waals surface area contributed by atoms with Crippen LogP contribution in [-0.2, 0) is 13.2 Å². The van der Waals surface area contributed by atoms with Crippen molar-refractivity contribution in [3.8, 4) is 5.75 Å². The van der Waals surface area contributed by atoms with Gasteiger partial charge in [0.15, 0.2) is 0 Å². The second kappa shape index (κ2) is 9.32. The van der Waals surface area contributed by atoms with Gasteiger partial charge in [0.1, 0.15) is 18.2 Å². The van der Waals surface area contributed by atoms with Gasteiger partial charge in [-0.2, -0.15) is 4.98 Å². The van der Waals surface area contributed by atoms with E-state index in [1.807, 2.05) is 79.0 Å². The molecule has 6 heteroatoms. The van der Waals surface area contributed by atoms with E-state index in [1.165, 1.54) is 0 Å². The van der Waals surface area contributed by atoms with E-state index in [9.17, 15) is 0 Å². The molecule has 0 fully saturated rings. The van der Waals surface area contributed by atoms with Crippen LogP contribution >= 0.6 is 0 Å². The maximum absolute atomic E-state index is 5.82. The van der Waals surface area contributed by atoms with E-state index in [1.54, 1.807) is 12.4 Å². The number of rotatable bonds is 8. The summed E-state index contributed by atoms with van der Waals surface area (Å²) in [5.74, 6) is 2.08. The van der Waals surface area contributed by atoms with Crippen molar-refractivity contribution in [3.05, 3.63) is 103 Å². The summed E-state index contributed by atoms with van der Waals surface area (Å²) in [6.45, 7) is 1.19. The van der Waals surface area contributed by atoms with E-state index in [0.29, 0.717) is 19.1 Å². The number of anilines is 3. The molecule has 0 aliphatic carbocycles.